The van der Waals surface area contributed by atoms with Crippen LogP contribution in [0, 0.1) is 5.41 Å². The summed E-state index contributed by atoms with van der Waals surface area (Å²) in [5, 5.41) is 13.0. The highest BCUT2D eigenvalue weighted by atomic mass is 19.4. The molecule has 0 saturated carbocycles. The van der Waals surface area contributed by atoms with Crippen LogP contribution in [0.4, 0.5) is 13.2 Å². The first kappa shape index (κ1) is 19.5. The summed E-state index contributed by atoms with van der Waals surface area (Å²) in [6.45, 7) is 8.63. The maximum Gasteiger partial charge on any atom is 0.416 e. The van der Waals surface area contributed by atoms with E-state index in [9.17, 15) is 23.1 Å². The molecule has 0 saturated heterocycles. The smallest absolute Gasteiger partial charge is 0.389 e. The van der Waals surface area contributed by atoms with Crippen LogP contribution in [0.3, 0.4) is 0 Å². The van der Waals surface area contributed by atoms with E-state index in [1.54, 1.807) is 13.8 Å². The van der Waals surface area contributed by atoms with Crippen molar-refractivity contribution in [1.29, 1.82) is 0 Å². The number of carbonyl (C=O) groups is 1. The van der Waals surface area contributed by atoms with Crippen molar-refractivity contribution >= 4 is 5.91 Å². The van der Waals surface area contributed by atoms with Crippen molar-refractivity contribution in [3.05, 3.63) is 35.4 Å². The minimum Gasteiger partial charge on any atom is -0.389 e. The van der Waals surface area contributed by atoms with Gasteiger partial charge in [0.2, 0.25) is 5.91 Å². The number of aliphatic hydroxyl groups is 1. The number of nitrogens with one attached hydrogen (secondary N) is 1. The molecule has 0 aliphatic heterocycles. The van der Waals surface area contributed by atoms with Gasteiger partial charge in [0.15, 0.2) is 0 Å². The van der Waals surface area contributed by atoms with Gasteiger partial charge in [-0.1, -0.05) is 32.9 Å². The predicted molar refractivity (Wildman–Crippen MR) is 82.7 cm³/mol. The van der Waals surface area contributed by atoms with Gasteiger partial charge in [0.1, 0.15) is 0 Å². The maximum atomic E-state index is 12.7. The summed E-state index contributed by atoms with van der Waals surface area (Å²) in [6, 6.07) is 4.27. The van der Waals surface area contributed by atoms with Gasteiger partial charge in [-0.2, -0.15) is 13.2 Å². The molecule has 23 heavy (non-hydrogen) atoms. The van der Waals surface area contributed by atoms with Crippen molar-refractivity contribution in [3.8, 4) is 0 Å². The van der Waals surface area contributed by atoms with Crippen molar-refractivity contribution in [3.63, 3.8) is 0 Å². The highest BCUT2D eigenvalue weighted by Crippen LogP contribution is 2.33. The van der Waals surface area contributed by atoms with E-state index in [1.165, 1.54) is 12.1 Å². The van der Waals surface area contributed by atoms with E-state index in [0.717, 1.165) is 12.1 Å². The van der Waals surface area contributed by atoms with Gasteiger partial charge in [0.25, 0.3) is 0 Å². The molecule has 2 atom stereocenters. The topological polar surface area (TPSA) is 49.3 Å². The molecule has 0 fully saturated rings. The third-order valence-electron chi connectivity index (χ3n) is 4.21. The fraction of sp³-hybridized carbons (Fsp3) is 0.588. The Bertz CT molecular complexity index is 560. The summed E-state index contributed by atoms with van der Waals surface area (Å²) < 4.78 is 38.2. The summed E-state index contributed by atoms with van der Waals surface area (Å²) >= 11 is 0. The van der Waals surface area contributed by atoms with Crippen LogP contribution in [-0.2, 0) is 11.0 Å². The number of halogens is 3. The summed E-state index contributed by atoms with van der Waals surface area (Å²) in [7, 11) is 0. The molecule has 0 aromatic heterocycles. The number of alkyl halides is 3. The highest BCUT2D eigenvalue weighted by molar-refractivity contribution is 5.77. The second kappa shape index (κ2) is 6.51. The lowest BCUT2D eigenvalue weighted by molar-refractivity contribution is -0.137. The number of hydrogen-bond acceptors (Lipinski definition) is 2. The Morgan fingerprint density at radius 2 is 1.78 bits per heavy atom. The minimum absolute atomic E-state index is 0.125. The first-order chi connectivity index (χ1) is 10.2. The molecule has 1 amide bonds. The van der Waals surface area contributed by atoms with Crippen LogP contribution in [0.1, 0.15) is 58.2 Å². The normalized spacial score (nSPS) is 16.6. The van der Waals surface area contributed by atoms with Gasteiger partial charge in [-0.3, -0.25) is 4.79 Å². The SMILES string of the molecule is C[C@H](NC(=O)C[C@](C)(O)C(C)(C)C)c1cccc(C(F)(F)F)c1. The van der Waals surface area contributed by atoms with Crippen LogP contribution in [0.15, 0.2) is 24.3 Å². The monoisotopic (exact) mass is 331 g/mol. The van der Waals surface area contributed by atoms with E-state index < -0.39 is 34.7 Å². The summed E-state index contributed by atoms with van der Waals surface area (Å²) in [6.07, 6.45) is -4.55. The van der Waals surface area contributed by atoms with E-state index >= 15 is 0 Å². The molecule has 130 valence electrons. The van der Waals surface area contributed by atoms with Gasteiger partial charge >= 0.3 is 6.18 Å². The zero-order chi connectivity index (χ0) is 18.1. The van der Waals surface area contributed by atoms with Gasteiger partial charge in [0, 0.05) is 0 Å². The lowest BCUT2D eigenvalue weighted by Crippen LogP contribution is -2.44. The molecule has 1 rings (SSSR count). The zero-order valence-corrected chi connectivity index (χ0v) is 14.1. The quantitative estimate of drug-likeness (QED) is 0.874. The molecule has 0 aliphatic rings. The average Bonchev–Trinajstić information content (AvgIpc) is 2.35. The molecule has 2 N–H and O–H groups in total. The molecule has 0 unspecified atom stereocenters. The lowest BCUT2D eigenvalue weighted by atomic mass is 9.75. The van der Waals surface area contributed by atoms with Crippen LogP contribution in [0.25, 0.3) is 0 Å². The van der Waals surface area contributed by atoms with Gasteiger partial charge in [-0.05, 0) is 37.0 Å². The molecule has 0 heterocycles. The Kier molecular flexibility index (Phi) is 5.52. The average molecular weight is 331 g/mol. The molecule has 0 spiro atoms. The molecular formula is C17H24F3NO2. The van der Waals surface area contributed by atoms with Crippen molar-refractivity contribution < 1.29 is 23.1 Å². The van der Waals surface area contributed by atoms with Gasteiger partial charge in [0.05, 0.1) is 23.6 Å². The summed E-state index contributed by atoms with van der Waals surface area (Å²) in [5.74, 6) is -0.408. The fourth-order valence-corrected chi connectivity index (χ4v) is 1.94. The van der Waals surface area contributed by atoms with E-state index in [1.807, 2.05) is 20.8 Å². The van der Waals surface area contributed by atoms with Crippen LogP contribution >= 0.6 is 0 Å². The molecule has 0 radical (unpaired) electrons. The molecule has 0 aliphatic carbocycles. The van der Waals surface area contributed by atoms with Gasteiger partial charge in [-0.25, -0.2) is 0 Å². The first-order valence-corrected chi connectivity index (χ1v) is 7.43. The third kappa shape index (κ3) is 5.23. The predicted octanol–water partition coefficient (Wildman–Crippen LogP) is 4.07. The van der Waals surface area contributed by atoms with E-state index in [-0.39, 0.29) is 6.42 Å². The number of hydrogen-bond donors (Lipinski definition) is 2. The molecule has 1 aromatic carbocycles. The Labute approximate surface area is 134 Å². The van der Waals surface area contributed by atoms with Crippen LogP contribution in [0.2, 0.25) is 0 Å². The largest absolute Gasteiger partial charge is 0.416 e. The standard InChI is InChI=1S/C17H24F3NO2/c1-11(12-7-6-8-13(9-12)17(18,19)20)21-14(22)10-16(5,23)15(2,3)4/h6-9,11,23H,10H2,1-5H3,(H,21,22)/t11-,16-/m0/s1. The second-order valence-electron chi connectivity index (χ2n) is 7.11. The Morgan fingerprint density at radius 1 is 1.22 bits per heavy atom. The molecule has 6 heteroatoms. The number of amides is 1. The lowest BCUT2D eigenvalue weighted by Gasteiger charge is -2.36. The van der Waals surface area contributed by atoms with Crippen molar-refractivity contribution in [2.24, 2.45) is 5.41 Å². The first-order valence-electron chi connectivity index (χ1n) is 7.43. The van der Waals surface area contributed by atoms with Crippen molar-refractivity contribution in [1.82, 2.24) is 5.32 Å². The number of benzene rings is 1. The van der Waals surface area contributed by atoms with Gasteiger partial charge in [-0.15, -0.1) is 0 Å². The molecule has 0 bridgehead atoms. The minimum atomic E-state index is -4.42. The molecule has 3 nitrogen and oxygen atoms in total. The van der Waals surface area contributed by atoms with Crippen LogP contribution in [0.5, 0.6) is 0 Å². The Morgan fingerprint density at radius 3 is 2.26 bits per heavy atom. The zero-order valence-electron chi connectivity index (χ0n) is 14.1. The van der Waals surface area contributed by atoms with Gasteiger partial charge < -0.3 is 10.4 Å². The fourth-order valence-electron chi connectivity index (χ4n) is 1.94. The van der Waals surface area contributed by atoms with E-state index in [4.69, 9.17) is 0 Å². The molecular weight excluding hydrogens is 307 g/mol. The summed E-state index contributed by atoms with van der Waals surface area (Å²) in [4.78, 5) is 12.1. The van der Waals surface area contributed by atoms with E-state index in [2.05, 4.69) is 5.32 Å². The Hall–Kier alpha value is -1.56. The van der Waals surface area contributed by atoms with Crippen LogP contribution < -0.4 is 5.32 Å². The number of carbonyl (C=O) groups excluding carboxylic acids is 1. The van der Waals surface area contributed by atoms with Crippen LogP contribution in [-0.4, -0.2) is 16.6 Å². The maximum absolute atomic E-state index is 12.7. The third-order valence-corrected chi connectivity index (χ3v) is 4.21. The summed E-state index contributed by atoms with van der Waals surface area (Å²) in [5.41, 5.74) is -2.10. The number of rotatable bonds is 4. The van der Waals surface area contributed by atoms with E-state index in [0.29, 0.717) is 5.56 Å². The Balaban J connectivity index is 2.81. The highest BCUT2D eigenvalue weighted by Gasteiger charge is 2.37. The van der Waals surface area contributed by atoms with Crippen molar-refractivity contribution in [2.45, 2.75) is 58.9 Å². The second-order valence-corrected chi connectivity index (χ2v) is 7.11. The van der Waals surface area contributed by atoms with Crippen molar-refractivity contribution in [2.75, 3.05) is 0 Å². The molecule has 1 aromatic rings.